The highest BCUT2D eigenvalue weighted by Gasteiger charge is 2.30. The highest BCUT2D eigenvalue weighted by atomic mass is 32.2. The number of ether oxygens (including phenoxy) is 1. The molecule has 1 heterocycles. The first kappa shape index (κ1) is 21.9. The van der Waals surface area contributed by atoms with Gasteiger partial charge in [0.05, 0.1) is 24.0 Å². The molecular formula is C19H26N2O6S. The predicted octanol–water partition coefficient (Wildman–Crippen LogP) is 0.964. The Hall–Kier alpha value is -2.42. The van der Waals surface area contributed by atoms with Gasteiger partial charge in [0.2, 0.25) is 5.91 Å². The molecule has 0 bridgehead atoms. The van der Waals surface area contributed by atoms with Crippen molar-refractivity contribution >= 4 is 27.6 Å². The molecule has 1 aliphatic rings. The second kappa shape index (κ2) is 9.18. The summed E-state index contributed by atoms with van der Waals surface area (Å²) in [6.45, 7) is 2.69. The van der Waals surface area contributed by atoms with Crippen molar-refractivity contribution in [2.75, 3.05) is 39.5 Å². The number of likely N-dealkylation sites (tertiary alicyclic amines) is 1. The zero-order valence-corrected chi connectivity index (χ0v) is 17.2. The van der Waals surface area contributed by atoms with Crippen LogP contribution < -0.4 is 0 Å². The number of amides is 2. The van der Waals surface area contributed by atoms with Crippen molar-refractivity contribution in [3.05, 3.63) is 29.8 Å². The molecule has 28 heavy (non-hydrogen) atoms. The van der Waals surface area contributed by atoms with Gasteiger partial charge in [0.25, 0.3) is 5.91 Å². The van der Waals surface area contributed by atoms with Crippen LogP contribution in [0.15, 0.2) is 29.2 Å². The van der Waals surface area contributed by atoms with E-state index in [1.165, 1.54) is 36.2 Å². The zero-order valence-electron chi connectivity index (χ0n) is 16.4. The van der Waals surface area contributed by atoms with E-state index in [4.69, 9.17) is 4.74 Å². The third kappa shape index (κ3) is 5.54. The van der Waals surface area contributed by atoms with Crippen LogP contribution in [0.1, 0.15) is 30.1 Å². The normalized spacial score (nSPS) is 17.1. The summed E-state index contributed by atoms with van der Waals surface area (Å²) in [4.78, 5) is 40.0. The number of carbonyl (C=O) groups is 3. The summed E-state index contributed by atoms with van der Waals surface area (Å²) in [5, 5.41) is 0. The molecule has 2 amide bonds. The van der Waals surface area contributed by atoms with Gasteiger partial charge in [-0.05, 0) is 38.0 Å². The van der Waals surface area contributed by atoms with Crippen molar-refractivity contribution in [2.45, 2.75) is 24.7 Å². The Morgan fingerprint density at radius 3 is 2.64 bits per heavy atom. The summed E-state index contributed by atoms with van der Waals surface area (Å²) in [6, 6.07) is 5.72. The Bertz CT molecular complexity index is 852. The molecule has 0 spiro atoms. The van der Waals surface area contributed by atoms with Crippen LogP contribution in [0.25, 0.3) is 0 Å². The number of hydrogen-bond acceptors (Lipinski definition) is 6. The molecule has 154 valence electrons. The maximum atomic E-state index is 12.6. The van der Waals surface area contributed by atoms with Gasteiger partial charge in [-0.3, -0.25) is 14.4 Å². The molecule has 0 aliphatic carbocycles. The lowest BCUT2D eigenvalue weighted by Crippen LogP contribution is -2.47. The second-order valence-electron chi connectivity index (χ2n) is 6.89. The largest absolute Gasteiger partial charge is 0.466 e. The van der Waals surface area contributed by atoms with E-state index in [-0.39, 0.29) is 41.3 Å². The maximum Gasteiger partial charge on any atom is 0.310 e. The van der Waals surface area contributed by atoms with Crippen LogP contribution in [0.4, 0.5) is 0 Å². The molecule has 8 nitrogen and oxygen atoms in total. The molecule has 1 aromatic rings. The van der Waals surface area contributed by atoms with Gasteiger partial charge >= 0.3 is 5.97 Å². The monoisotopic (exact) mass is 410 g/mol. The van der Waals surface area contributed by atoms with Gasteiger partial charge in [-0.15, -0.1) is 0 Å². The molecule has 0 aromatic heterocycles. The van der Waals surface area contributed by atoms with Crippen molar-refractivity contribution in [3.8, 4) is 0 Å². The minimum atomic E-state index is -3.43. The van der Waals surface area contributed by atoms with Crippen molar-refractivity contribution in [3.63, 3.8) is 0 Å². The molecule has 1 fully saturated rings. The fourth-order valence-electron chi connectivity index (χ4n) is 3.11. The van der Waals surface area contributed by atoms with Crippen LogP contribution in [0.5, 0.6) is 0 Å². The number of benzene rings is 1. The quantitative estimate of drug-likeness (QED) is 0.648. The van der Waals surface area contributed by atoms with Crippen LogP contribution in [0.2, 0.25) is 0 Å². The number of nitrogens with zero attached hydrogens (tertiary/aromatic N) is 2. The number of sulfone groups is 1. The third-order valence-electron chi connectivity index (χ3n) is 4.62. The van der Waals surface area contributed by atoms with Crippen LogP contribution >= 0.6 is 0 Å². The number of esters is 1. The lowest BCUT2D eigenvalue weighted by Gasteiger charge is -2.32. The molecule has 1 aromatic carbocycles. The van der Waals surface area contributed by atoms with E-state index >= 15 is 0 Å². The van der Waals surface area contributed by atoms with E-state index in [0.29, 0.717) is 26.0 Å². The van der Waals surface area contributed by atoms with Gasteiger partial charge in [-0.2, -0.15) is 0 Å². The molecule has 1 saturated heterocycles. The molecule has 0 radical (unpaired) electrons. The van der Waals surface area contributed by atoms with E-state index < -0.39 is 15.7 Å². The molecule has 1 unspecified atom stereocenters. The summed E-state index contributed by atoms with van der Waals surface area (Å²) in [6.07, 6.45) is 2.44. The molecule has 1 aliphatic heterocycles. The predicted molar refractivity (Wildman–Crippen MR) is 102 cm³/mol. The Morgan fingerprint density at radius 1 is 1.29 bits per heavy atom. The SMILES string of the molecule is CCOC(=O)C1CCCN(C(=O)CN(C)C(=O)c2cccc(S(C)(=O)=O)c2)C1. The summed E-state index contributed by atoms with van der Waals surface area (Å²) >= 11 is 0. The highest BCUT2D eigenvalue weighted by Crippen LogP contribution is 2.19. The molecule has 1 atom stereocenters. The van der Waals surface area contributed by atoms with Crippen molar-refractivity contribution in [1.29, 1.82) is 0 Å². The van der Waals surface area contributed by atoms with Gasteiger partial charge < -0.3 is 14.5 Å². The molecule has 0 N–H and O–H groups in total. The van der Waals surface area contributed by atoms with Crippen LogP contribution in [-0.2, 0) is 24.2 Å². The smallest absolute Gasteiger partial charge is 0.310 e. The van der Waals surface area contributed by atoms with E-state index in [2.05, 4.69) is 0 Å². The Morgan fingerprint density at radius 2 is 2.00 bits per heavy atom. The van der Waals surface area contributed by atoms with Crippen LogP contribution in [0, 0.1) is 5.92 Å². The van der Waals surface area contributed by atoms with E-state index in [1.807, 2.05) is 0 Å². The van der Waals surface area contributed by atoms with Crippen molar-refractivity contribution < 1.29 is 27.5 Å². The average molecular weight is 410 g/mol. The van der Waals surface area contributed by atoms with Crippen LogP contribution in [-0.4, -0.2) is 75.5 Å². The Balaban J connectivity index is 2.02. The molecule has 2 rings (SSSR count). The summed E-state index contributed by atoms with van der Waals surface area (Å²) in [5.41, 5.74) is 0.196. The molecule has 0 saturated carbocycles. The standard InChI is InChI=1S/C19H26N2O6S/c1-4-27-19(24)15-8-6-10-21(12-15)17(22)13-20(2)18(23)14-7-5-9-16(11-14)28(3,25)26/h5,7,9,11,15H,4,6,8,10,12-13H2,1-3H3. The van der Waals surface area contributed by atoms with E-state index in [1.54, 1.807) is 11.8 Å². The minimum Gasteiger partial charge on any atom is -0.466 e. The zero-order chi connectivity index (χ0) is 20.9. The number of hydrogen-bond donors (Lipinski definition) is 0. The summed E-state index contributed by atoms with van der Waals surface area (Å²) in [5.74, 6) is -1.35. The maximum absolute atomic E-state index is 12.6. The summed E-state index contributed by atoms with van der Waals surface area (Å²) in [7, 11) is -1.95. The first-order chi connectivity index (χ1) is 13.1. The number of likely N-dealkylation sites (N-methyl/N-ethyl adjacent to an activating group) is 1. The van der Waals surface area contributed by atoms with E-state index in [9.17, 15) is 22.8 Å². The van der Waals surface area contributed by atoms with Crippen molar-refractivity contribution in [2.24, 2.45) is 5.92 Å². The third-order valence-corrected chi connectivity index (χ3v) is 5.73. The van der Waals surface area contributed by atoms with Gasteiger partial charge in [0, 0.05) is 32.0 Å². The van der Waals surface area contributed by atoms with E-state index in [0.717, 1.165) is 6.26 Å². The van der Waals surface area contributed by atoms with Crippen molar-refractivity contribution in [1.82, 2.24) is 9.80 Å². The number of piperidine rings is 1. The number of rotatable bonds is 6. The minimum absolute atomic E-state index is 0.0476. The topological polar surface area (TPSA) is 101 Å². The Kier molecular flexibility index (Phi) is 7.17. The first-order valence-corrected chi connectivity index (χ1v) is 11.0. The molecule has 9 heteroatoms. The van der Waals surface area contributed by atoms with Crippen LogP contribution in [0.3, 0.4) is 0 Å². The van der Waals surface area contributed by atoms with Gasteiger partial charge in [0.1, 0.15) is 0 Å². The second-order valence-corrected chi connectivity index (χ2v) is 8.91. The average Bonchev–Trinajstić information content (AvgIpc) is 2.67. The van der Waals surface area contributed by atoms with Gasteiger partial charge in [0.15, 0.2) is 9.84 Å². The Labute approximate surface area is 165 Å². The van der Waals surface area contributed by atoms with Gasteiger partial charge in [-0.1, -0.05) is 6.07 Å². The number of carbonyl (C=O) groups excluding carboxylic acids is 3. The first-order valence-electron chi connectivity index (χ1n) is 9.13. The fraction of sp³-hybridized carbons (Fsp3) is 0.526. The molecular weight excluding hydrogens is 384 g/mol. The fourth-order valence-corrected chi connectivity index (χ4v) is 3.78. The lowest BCUT2D eigenvalue weighted by atomic mass is 9.98. The summed E-state index contributed by atoms with van der Waals surface area (Å²) < 4.78 is 28.4. The highest BCUT2D eigenvalue weighted by molar-refractivity contribution is 7.90. The van der Waals surface area contributed by atoms with Gasteiger partial charge in [-0.25, -0.2) is 8.42 Å². The lowest BCUT2D eigenvalue weighted by molar-refractivity contribution is -0.151.